The van der Waals surface area contributed by atoms with Crippen LogP contribution in [0.1, 0.15) is 105 Å². The van der Waals surface area contributed by atoms with Gasteiger partial charge in [-0.1, -0.05) is 40.0 Å². The van der Waals surface area contributed by atoms with E-state index < -0.39 is 0 Å². The van der Waals surface area contributed by atoms with Crippen molar-refractivity contribution < 1.29 is 24.2 Å². The number of aliphatic hydroxyl groups is 1. The fourth-order valence-electron chi connectivity index (χ4n) is 7.95. The molecule has 0 heterocycles. The Morgan fingerprint density at radius 2 is 1.75 bits per heavy atom. The number of unbranched alkanes of at least 4 members (excludes halogenated alkanes) is 2. The first kappa shape index (κ1) is 25.5. The highest BCUT2D eigenvalue weighted by molar-refractivity contribution is 5.66. The van der Waals surface area contributed by atoms with Gasteiger partial charge in [0.05, 0.1) is 12.7 Å². The first-order chi connectivity index (χ1) is 15.1. The van der Waals surface area contributed by atoms with Crippen molar-refractivity contribution in [2.24, 2.45) is 34.5 Å². The lowest BCUT2D eigenvalue weighted by Gasteiger charge is -2.60. The Balaban J connectivity index is 1.82. The summed E-state index contributed by atoms with van der Waals surface area (Å²) in [4.78, 5) is 23.0. The summed E-state index contributed by atoms with van der Waals surface area (Å²) in [6.45, 7) is 10.3. The molecule has 32 heavy (non-hydrogen) atoms. The summed E-state index contributed by atoms with van der Waals surface area (Å²) in [6.07, 6.45) is 11.4. The van der Waals surface area contributed by atoms with Crippen LogP contribution in [0.3, 0.4) is 0 Å². The van der Waals surface area contributed by atoms with Crippen LogP contribution in [0.25, 0.3) is 0 Å². The molecule has 0 aromatic rings. The molecule has 0 aromatic carbocycles. The number of carbonyl (C=O) groups excluding carboxylic acids is 2. The average Bonchev–Trinajstić information content (AvgIpc) is 3.05. The molecule has 3 aliphatic rings. The molecule has 0 aromatic heterocycles. The number of hydrogen-bond acceptors (Lipinski definition) is 5. The SMILES string of the molecule is CCCCCC1CC2C3CCC(OC(C)=O)C3(C)CCC2C(C)(CCCOC(C)=O)C1O. The number of rotatable bonds is 9. The predicted octanol–water partition coefficient (Wildman–Crippen LogP) is 5.67. The van der Waals surface area contributed by atoms with Crippen molar-refractivity contribution in [3.05, 3.63) is 0 Å². The minimum absolute atomic E-state index is 0.0339. The van der Waals surface area contributed by atoms with Gasteiger partial charge in [-0.3, -0.25) is 9.59 Å². The van der Waals surface area contributed by atoms with E-state index in [4.69, 9.17) is 9.47 Å². The second-order valence-corrected chi connectivity index (χ2v) is 11.5. The summed E-state index contributed by atoms with van der Waals surface area (Å²) < 4.78 is 11.0. The van der Waals surface area contributed by atoms with Crippen LogP contribution >= 0.6 is 0 Å². The first-order valence-electron chi connectivity index (χ1n) is 13.1. The molecule has 0 aliphatic heterocycles. The summed E-state index contributed by atoms with van der Waals surface area (Å²) in [7, 11) is 0. The number of esters is 2. The number of fused-ring (bicyclic) bond motifs is 3. The van der Waals surface area contributed by atoms with Crippen LogP contribution in [-0.2, 0) is 19.1 Å². The lowest BCUT2D eigenvalue weighted by atomic mass is 9.46. The number of carbonyl (C=O) groups is 2. The Labute approximate surface area is 195 Å². The van der Waals surface area contributed by atoms with Crippen LogP contribution < -0.4 is 0 Å². The van der Waals surface area contributed by atoms with Gasteiger partial charge in [-0.25, -0.2) is 0 Å². The van der Waals surface area contributed by atoms with Crippen LogP contribution in [0.2, 0.25) is 0 Å². The monoisotopic (exact) mass is 450 g/mol. The maximum Gasteiger partial charge on any atom is 0.302 e. The molecule has 5 heteroatoms. The van der Waals surface area contributed by atoms with Gasteiger partial charge in [0.25, 0.3) is 0 Å². The Morgan fingerprint density at radius 3 is 2.41 bits per heavy atom. The van der Waals surface area contributed by atoms with E-state index in [-0.39, 0.29) is 35.0 Å². The van der Waals surface area contributed by atoms with E-state index >= 15 is 0 Å². The second kappa shape index (κ2) is 10.4. The molecule has 1 N–H and O–H groups in total. The molecule has 5 nitrogen and oxygen atoms in total. The third-order valence-corrected chi connectivity index (χ3v) is 9.55. The Bertz CT molecular complexity index is 662. The van der Waals surface area contributed by atoms with Crippen LogP contribution in [0.5, 0.6) is 0 Å². The molecule has 8 atom stereocenters. The summed E-state index contributed by atoms with van der Waals surface area (Å²) >= 11 is 0. The predicted molar refractivity (Wildman–Crippen MR) is 125 cm³/mol. The molecule has 3 saturated carbocycles. The van der Waals surface area contributed by atoms with Crippen LogP contribution in [0.4, 0.5) is 0 Å². The van der Waals surface area contributed by atoms with E-state index in [0.29, 0.717) is 30.3 Å². The van der Waals surface area contributed by atoms with Crippen molar-refractivity contribution in [3.63, 3.8) is 0 Å². The quantitative estimate of drug-likeness (QED) is 0.362. The molecule has 0 amide bonds. The van der Waals surface area contributed by atoms with Gasteiger partial charge in [-0.15, -0.1) is 0 Å². The summed E-state index contributed by atoms with van der Waals surface area (Å²) in [5, 5.41) is 11.6. The van der Waals surface area contributed by atoms with Gasteiger partial charge in [-0.2, -0.15) is 0 Å². The van der Waals surface area contributed by atoms with Crippen LogP contribution in [0, 0.1) is 34.5 Å². The highest BCUT2D eigenvalue weighted by Gasteiger charge is 2.61. The van der Waals surface area contributed by atoms with Gasteiger partial charge in [0.2, 0.25) is 0 Å². The summed E-state index contributed by atoms with van der Waals surface area (Å²) in [5.41, 5.74) is -0.0947. The molecule has 3 rings (SSSR count). The molecule has 3 aliphatic carbocycles. The van der Waals surface area contributed by atoms with Crippen molar-refractivity contribution >= 4 is 11.9 Å². The molecule has 0 saturated heterocycles. The smallest absolute Gasteiger partial charge is 0.302 e. The van der Waals surface area contributed by atoms with Gasteiger partial charge >= 0.3 is 11.9 Å². The van der Waals surface area contributed by atoms with Crippen molar-refractivity contribution in [2.45, 2.75) is 117 Å². The zero-order valence-corrected chi connectivity index (χ0v) is 21.0. The summed E-state index contributed by atoms with van der Waals surface area (Å²) in [5.74, 6) is 1.54. The topological polar surface area (TPSA) is 72.8 Å². The Morgan fingerprint density at radius 1 is 1.00 bits per heavy atom. The van der Waals surface area contributed by atoms with E-state index in [1.807, 2.05) is 0 Å². The van der Waals surface area contributed by atoms with Crippen molar-refractivity contribution in [3.8, 4) is 0 Å². The molecule has 8 unspecified atom stereocenters. The average molecular weight is 451 g/mol. The largest absolute Gasteiger partial charge is 0.466 e. The first-order valence-corrected chi connectivity index (χ1v) is 13.1. The number of ether oxygens (including phenoxy) is 2. The van der Waals surface area contributed by atoms with Crippen molar-refractivity contribution in [2.75, 3.05) is 6.61 Å². The van der Waals surface area contributed by atoms with E-state index in [2.05, 4.69) is 20.8 Å². The number of hydrogen-bond donors (Lipinski definition) is 1. The van der Waals surface area contributed by atoms with Gasteiger partial charge < -0.3 is 14.6 Å². The molecule has 0 bridgehead atoms. The van der Waals surface area contributed by atoms with E-state index in [1.54, 1.807) is 0 Å². The second-order valence-electron chi connectivity index (χ2n) is 11.5. The normalized spacial score (nSPS) is 40.9. The van der Waals surface area contributed by atoms with Gasteiger partial charge in [0.15, 0.2) is 0 Å². The Hall–Kier alpha value is -1.10. The van der Waals surface area contributed by atoms with Gasteiger partial charge in [-0.05, 0) is 80.5 Å². The minimum atomic E-state index is -0.298. The minimum Gasteiger partial charge on any atom is -0.466 e. The van der Waals surface area contributed by atoms with E-state index in [1.165, 1.54) is 33.1 Å². The maximum absolute atomic E-state index is 11.7. The lowest BCUT2D eigenvalue weighted by molar-refractivity contribution is -0.174. The van der Waals surface area contributed by atoms with Gasteiger partial charge in [0.1, 0.15) is 6.10 Å². The molecule has 0 spiro atoms. The molecule has 0 radical (unpaired) electrons. The highest BCUT2D eigenvalue weighted by Crippen LogP contribution is 2.65. The molecule has 3 fully saturated rings. The van der Waals surface area contributed by atoms with Crippen LogP contribution in [0.15, 0.2) is 0 Å². The van der Waals surface area contributed by atoms with Crippen LogP contribution in [-0.4, -0.2) is 35.9 Å². The standard InChI is InChI=1S/C27H46O5/c1-6-7-8-10-20-17-21-22-11-12-24(32-19(3)29)26(22,4)15-13-23(21)27(5,25(20)30)14-9-16-31-18(2)28/h20-25,30H,6-17H2,1-5H3. The van der Waals surface area contributed by atoms with Gasteiger partial charge in [0, 0.05) is 19.3 Å². The third-order valence-electron chi connectivity index (χ3n) is 9.55. The van der Waals surface area contributed by atoms with E-state index in [0.717, 1.165) is 51.4 Å². The zero-order chi connectivity index (χ0) is 23.5. The highest BCUT2D eigenvalue weighted by atomic mass is 16.5. The lowest BCUT2D eigenvalue weighted by Crippen LogP contribution is -2.57. The zero-order valence-electron chi connectivity index (χ0n) is 21.0. The maximum atomic E-state index is 11.7. The molecule has 184 valence electrons. The molecular formula is C27H46O5. The Kier molecular flexibility index (Phi) is 8.33. The number of aliphatic hydroxyl groups excluding tert-OH is 1. The molecular weight excluding hydrogens is 404 g/mol. The van der Waals surface area contributed by atoms with Crippen molar-refractivity contribution in [1.29, 1.82) is 0 Å². The van der Waals surface area contributed by atoms with E-state index in [9.17, 15) is 14.7 Å². The third kappa shape index (κ3) is 5.03. The fourth-order valence-corrected chi connectivity index (χ4v) is 7.95. The van der Waals surface area contributed by atoms with Crippen molar-refractivity contribution in [1.82, 2.24) is 0 Å². The summed E-state index contributed by atoms with van der Waals surface area (Å²) in [6, 6.07) is 0. The fraction of sp³-hybridized carbons (Fsp3) is 0.926.